The van der Waals surface area contributed by atoms with Gasteiger partial charge in [-0.05, 0) is 32.2 Å². The summed E-state index contributed by atoms with van der Waals surface area (Å²) in [6.07, 6.45) is 1.79. The summed E-state index contributed by atoms with van der Waals surface area (Å²) in [6, 6.07) is 0.175. The summed E-state index contributed by atoms with van der Waals surface area (Å²) in [5, 5.41) is 2.99. The molecule has 2 atom stereocenters. The Hall–Kier alpha value is -1.10. The van der Waals surface area contributed by atoms with Gasteiger partial charge in [-0.2, -0.15) is 0 Å². The number of hydrogen-bond acceptors (Lipinski definition) is 4. The molecule has 1 aliphatic rings. The highest BCUT2D eigenvalue weighted by Gasteiger charge is 2.27. The van der Waals surface area contributed by atoms with Crippen LogP contribution in [0.15, 0.2) is 0 Å². The van der Waals surface area contributed by atoms with Crippen molar-refractivity contribution < 1.29 is 14.3 Å². The zero-order valence-corrected chi connectivity index (χ0v) is 12.4. The molecule has 0 saturated carbocycles. The number of amides is 1. The van der Waals surface area contributed by atoms with Crippen LogP contribution in [0.5, 0.6) is 0 Å². The van der Waals surface area contributed by atoms with Gasteiger partial charge < -0.3 is 10.1 Å². The molecule has 5 heteroatoms. The predicted molar refractivity (Wildman–Crippen MR) is 73.6 cm³/mol. The van der Waals surface area contributed by atoms with E-state index in [0.29, 0.717) is 19.0 Å². The number of carbonyl (C=O) groups excluding carboxylic acids is 2. The normalized spacial score (nSPS) is 22.1. The summed E-state index contributed by atoms with van der Waals surface area (Å²) in [4.78, 5) is 25.5. The number of piperidine rings is 1. The second-order valence-electron chi connectivity index (χ2n) is 5.70. The van der Waals surface area contributed by atoms with Gasteiger partial charge >= 0.3 is 5.97 Å². The van der Waals surface area contributed by atoms with E-state index in [1.54, 1.807) is 0 Å². The number of esters is 1. The Kier molecular flexibility index (Phi) is 6.28. The van der Waals surface area contributed by atoms with Crippen LogP contribution in [0, 0.1) is 11.8 Å². The van der Waals surface area contributed by atoms with E-state index in [1.807, 2.05) is 11.8 Å². The molecular formula is C14H26N2O3. The second-order valence-corrected chi connectivity index (χ2v) is 5.70. The Morgan fingerprint density at radius 2 is 2.05 bits per heavy atom. The van der Waals surface area contributed by atoms with Crippen molar-refractivity contribution in [3.05, 3.63) is 0 Å². The standard InChI is InChI=1S/C14H26N2O3/c1-10(2)11(3)15-13(17)9-16-7-5-6-12(8-16)14(18)19-4/h10-12H,5-9H2,1-4H3,(H,15,17)/t11?,12-/m0/s1. The number of nitrogens with zero attached hydrogens (tertiary/aromatic N) is 1. The van der Waals surface area contributed by atoms with Gasteiger partial charge in [-0.25, -0.2) is 0 Å². The van der Waals surface area contributed by atoms with Crippen LogP contribution in [0.3, 0.4) is 0 Å². The van der Waals surface area contributed by atoms with E-state index in [9.17, 15) is 9.59 Å². The summed E-state index contributed by atoms with van der Waals surface area (Å²) in [5.41, 5.74) is 0. The topological polar surface area (TPSA) is 58.6 Å². The minimum atomic E-state index is -0.166. The van der Waals surface area contributed by atoms with E-state index in [-0.39, 0.29) is 23.8 Å². The van der Waals surface area contributed by atoms with Crippen LogP contribution in [0.2, 0.25) is 0 Å². The van der Waals surface area contributed by atoms with Crippen LogP contribution in [0.4, 0.5) is 0 Å². The zero-order chi connectivity index (χ0) is 14.4. The largest absolute Gasteiger partial charge is 0.469 e. The first-order valence-electron chi connectivity index (χ1n) is 7.03. The quantitative estimate of drug-likeness (QED) is 0.758. The number of carbonyl (C=O) groups is 2. The molecule has 0 aromatic heterocycles. The molecule has 1 unspecified atom stereocenters. The third-order valence-electron chi connectivity index (χ3n) is 3.80. The molecule has 0 aromatic rings. The zero-order valence-electron chi connectivity index (χ0n) is 12.4. The summed E-state index contributed by atoms with van der Waals surface area (Å²) in [7, 11) is 1.41. The Morgan fingerprint density at radius 3 is 2.63 bits per heavy atom. The molecule has 110 valence electrons. The molecule has 0 bridgehead atoms. The van der Waals surface area contributed by atoms with E-state index in [1.165, 1.54) is 7.11 Å². The lowest BCUT2D eigenvalue weighted by Gasteiger charge is -2.31. The van der Waals surface area contributed by atoms with Crippen molar-refractivity contribution in [1.29, 1.82) is 0 Å². The summed E-state index contributed by atoms with van der Waals surface area (Å²) in [6.45, 7) is 8.03. The maximum Gasteiger partial charge on any atom is 0.309 e. The van der Waals surface area contributed by atoms with Crippen LogP contribution in [-0.4, -0.2) is 49.6 Å². The Morgan fingerprint density at radius 1 is 1.37 bits per heavy atom. The predicted octanol–water partition coefficient (Wildman–Crippen LogP) is 1.03. The minimum absolute atomic E-state index is 0.0340. The van der Waals surface area contributed by atoms with Gasteiger partial charge in [0.15, 0.2) is 0 Å². The molecule has 19 heavy (non-hydrogen) atoms. The lowest BCUT2D eigenvalue weighted by molar-refractivity contribution is -0.147. The van der Waals surface area contributed by atoms with Crippen molar-refractivity contribution >= 4 is 11.9 Å². The molecule has 0 spiro atoms. The van der Waals surface area contributed by atoms with Gasteiger partial charge in [0.05, 0.1) is 19.6 Å². The molecule has 1 amide bonds. The highest BCUT2D eigenvalue weighted by molar-refractivity contribution is 5.78. The fourth-order valence-electron chi connectivity index (χ4n) is 2.23. The maximum absolute atomic E-state index is 11.9. The van der Waals surface area contributed by atoms with Crippen LogP contribution in [-0.2, 0) is 14.3 Å². The monoisotopic (exact) mass is 270 g/mol. The lowest BCUT2D eigenvalue weighted by Crippen LogP contribution is -2.46. The van der Waals surface area contributed by atoms with Gasteiger partial charge in [-0.3, -0.25) is 14.5 Å². The van der Waals surface area contributed by atoms with Crippen molar-refractivity contribution in [1.82, 2.24) is 10.2 Å². The van der Waals surface area contributed by atoms with Crippen LogP contribution in [0.25, 0.3) is 0 Å². The maximum atomic E-state index is 11.9. The Balaban J connectivity index is 2.40. The average molecular weight is 270 g/mol. The van der Waals surface area contributed by atoms with Gasteiger partial charge in [-0.15, -0.1) is 0 Å². The van der Waals surface area contributed by atoms with E-state index in [0.717, 1.165) is 19.4 Å². The molecule has 5 nitrogen and oxygen atoms in total. The van der Waals surface area contributed by atoms with Crippen molar-refractivity contribution in [2.75, 3.05) is 26.7 Å². The average Bonchev–Trinajstić information content (AvgIpc) is 2.37. The SMILES string of the molecule is COC(=O)[C@H]1CCCN(CC(=O)NC(C)C(C)C)C1. The van der Waals surface area contributed by atoms with E-state index in [2.05, 4.69) is 19.2 Å². The molecule has 1 rings (SSSR count). The Labute approximate surface area is 115 Å². The third-order valence-corrected chi connectivity index (χ3v) is 3.80. The van der Waals surface area contributed by atoms with Crippen molar-refractivity contribution in [3.8, 4) is 0 Å². The summed E-state index contributed by atoms with van der Waals surface area (Å²) in [5.74, 6) is 0.203. The van der Waals surface area contributed by atoms with Gasteiger partial charge in [0, 0.05) is 12.6 Å². The first kappa shape index (κ1) is 16.0. The van der Waals surface area contributed by atoms with Crippen molar-refractivity contribution in [2.24, 2.45) is 11.8 Å². The Bertz CT molecular complexity index is 318. The van der Waals surface area contributed by atoms with Gasteiger partial charge in [0.1, 0.15) is 0 Å². The highest BCUT2D eigenvalue weighted by atomic mass is 16.5. The third kappa shape index (κ3) is 5.19. The minimum Gasteiger partial charge on any atom is -0.469 e. The van der Waals surface area contributed by atoms with Crippen molar-refractivity contribution in [2.45, 2.75) is 39.7 Å². The summed E-state index contributed by atoms with van der Waals surface area (Å²) < 4.78 is 4.77. The fourth-order valence-corrected chi connectivity index (χ4v) is 2.23. The number of ether oxygens (including phenoxy) is 1. The van der Waals surface area contributed by atoms with E-state index in [4.69, 9.17) is 4.74 Å². The van der Waals surface area contributed by atoms with Crippen LogP contribution in [0.1, 0.15) is 33.6 Å². The number of hydrogen-bond donors (Lipinski definition) is 1. The lowest BCUT2D eigenvalue weighted by atomic mass is 9.98. The van der Waals surface area contributed by atoms with Crippen molar-refractivity contribution in [3.63, 3.8) is 0 Å². The fraction of sp³-hybridized carbons (Fsp3) is 0.857. The molecule has 1 saturated heterocycles. The first-order valence-corrected chi connectivity index (χ1v) is 7.03. The number of rotatable bonds is 5. The molecule has 1 N–H and O–H groups in total. The molecule has 0 radical (unpaired) electrons. The number of likely N-dealkylation sites (tertiary alicyclic amines) is 1. The molecule has 0 aliphatic carbocycles. The molecular weight excluding hydrogens is 244 g/mol. The number of methoxy groups -OCH3 is 1. The highest BCUT2D eigenvalue weighted by Crippen LogP contribution is 2.17. The second kappa shape index (κ2) is 7.48. The smallest absolute Gasteiger partial charge is 0.309 e. The van der Waals surface area contributed by atoms with Gasteiger partial charge in [0.25, 0.3) is 0 Å². The molecule has 1 fully saturated rings. The summed E-state index contributed by atoms with van der Waals surface area (Å²) >= 11 is 0. The van der Waals surface area contributed by atoms with Crippen LogP contribution >= 0.6 is 0 Å². The molecule has 1 aliphatic heterocycles. The van der Waals surface area contributed by atoms with Gasteiger partial charge in [0.2, 0.25) is 5.91 Å². The number of nitrogens with one attached hydrogen (secondary N) is 1. The first-order chi connectivity index (χ1) is 8.93. The molecule has 1 heterocycles. The van der Waals surface area contributed by atoms with E-state index >= 15 is 0 Å². The molecule has 0 aromatic carbocycles. The van der Waals surface area contributed by atoms with E-state index < -0.39 is 0 Å². The van der Waals surface area contributed by atoms with Crippen LogP contribution < -0.4 is 5.32 Å². The van der Waals surface area contributed by atoms with Gasteiger partial charge in [-0.1, -0.05) is 13.8 Å².